The van der Waals surface area contributed by atoms with Crippen molar-refractivity contribution in [1.29, 1.82) is 0 Å². The van der Waals surface area contributed by atoms with E-state index in [9.17, 15) is 9.59 Å². The molecule has 0 radical (unpaired) electrons. The topological polar surface area (TPSA) is 68.3 Å². The van der Waals surface area contributed by atoms with Crippen LogP contribution in [-0.2, 0) is 9.53 Å². The van der Waals surface area contributed by atoms with E-state index in [4.69, 9.17) is 4.74 Å². The van der Waals surface area contributed by atoms with Crippen molar-refractivity contribution in [1.82, 2.24) is 10.3 Å². The van der Waals surface area contributed by atoms with E-state index in [0.29, 0.717) is 5.52 Å². The summed E-state index contributed by atoms with van der Waals surface area (Å²) >= 11 is 0. The van der Waals surface area contributed by atoms with Gasteiger partial charge in [0.1, 0.15) is 5.69 Å². The maximum atomic E-state index is 12.1. The Hall–Kier alpha value is -3.21. The summed E-state index contributed by atoms with van der Waals surface area (Å²) in [6.45, 7) is 3.55. The number of rotatable bonds is 5. The molecule has 2 aromatic carbocycles. The van der Waals surface area contributed by atoms with Gasteiger partial charge in [0.2, 0.25) is 0 Å². The minimum absolute atomic E-state index is 0.166. The zero-order valence-electron chi connectivity index (χ0n) is 14.7. The predicted molar refractivity (Wildman–Crippen MR) is 99.8 cm³/mol. The first-order valence-corrected chi connectivity index (χ1v) is 8.42. The molecule has 5 heteroatoms. The van der Waals surface area contributed by atoms with Crippen molar-refractivity contribution in [2.24, 2.45) is 0 Å². The van der Waals surface area contributed by atoms with E-state index < -0.39 is 5.97 Å². The summed E-state index contributed by atoms with van der Waals surface area (Å²) in [5.41, 5.74) is 3.04. The molecule has 0 spiro atoms. The average molecular weight is 348 g/mol. The van der Waals surface area contributed by atoms with Gasteiger partial charge >= 0.3 is 5.97 Å². The van der Waals surface area contributed by atoms with E-state index in [1.165, 1.54) is 0 Å². The van der Waals surface area contributed by atoms with Crippen LogP contribution < -0.4 is 5.32 Å². The number of pyridine rings is 1. The van der Waals surface area contributed by atoms with Gasteiger partial charge in [-0.05, 0) is 31.5 Å². The normalized spacial score (nSPS) is 11.8. The van der Waals surface area contributed by atoms with Crippen LogP contribution in [0.25, 0.3) is 10.9 Å². The monoisotopic (exact) mass is 348 g/mol. The van der Waals surface area contributed by atoms with Crippen molar-refractivity contribution in [3.63, 3.8) is 0 Å². The fraction of sp³-hybridized carbons (Fsp3) is 0.190. The molecule has 0 fully saturated rings. The van der Waals surface area contributed by atoms with Gasteiger partial charge in [-0.1, -0.05) is 54.1 Å². The van der Waals surface area contributed by atoms with E-state index in [-0.39, 0.29) is 24.2 Å². The Morgan fingerprint density at radius 2 is 1.77 bits per heavy atom. The summed E-state index contributed by atoms with van der Waals surface area (Å²) in [6.07, 6.45) is 0. The van der Waals surface area contributed by atoms with Crippen LogP contribution in [0.1, 0.15) is 34.6 Å². The Bertz CT molecular complexity index is 935. The number of aromatic nitrogens is 1. The molecule has 0 saturated heterocycles. The molecular weight excluding hydrogens is 328 g/mol. The van der Waals surface area contributed by atoms with Crippen LogP contribution in [0.2, 0.25) is 0 Å². The molecule has 1 atom stereocenters. The van der Waals surface area contributed by atoms with Crippen LogP contribution in [0.3, 0.4) is 0 Å². The Labute approximate surface area is 152 Å². The Balaban J connectivity index is 1.56. The van der Waals surface area contributed by atoms with Gasteiger partial charge in [0.05, 0.1) is 11.6 Å². The number of benzene rings is 2. The minimum Gasteiger partial charge on any atom is -0.451 e. The van der Waals surface area contributed by atoms with E-state index >= 15 is 0 Å². The molecule has 0 aliphatic heterocycles. The second-order valence-electron chi connectivity index (χ2n) is 6.17. The number of esters is 1. The average Bonchev–Trinajstić information content (AvgIpc) is 2.66. The van der Waals surface area contributed by atoms with Crippen molar-refractivity contribution in [3.8, 4) is 0 Å². The SMILES string of the molecule is Cc1ccc(C(C)NC(=O)COC(=O)c2ccc3ccccc3n2)cc1. The molecule has 3 aromatic rings. The number of ether oxygens (including phenoxy) is 1. The number of para-hydroxylation sites is 1. The maximum Gasteiger partial charge on any atom is 0.357 e. The molecule has 5 nitrogen and oxygen atoms in total. The lowest BCUT2D eigenvalue weighted by molar-refractivity contribution is -0.124. The Morgan fingerprint density at radius 1 is 1.04 bits per heavy atom. The van der Waals surface area contributed by atoms with Crippen LogP contribution in [0.4, 0.5) is 0 Å². The lowest BCUT2D eigenvalue weighted by atomic mass is 10.1. The number of hydrogen-bond acceptors (Lipinski definition) is 4. The van der Waals surface area contributed by atoms with Crippen LogP contribution in [0.5, 0.6) is 0 Å². The van der Waals surface area contributed by atoms with Gasteiger partial charge in [-0.15, -0.1) is 0 Å². The molecule has 132 valence electrons. The fourth-order valence-corrected chi connectivity index (χ4v) is 2.61. The molecule has 3 rings (SSSR count). The van der Waals surface area contributed by atoms with Gasteiger partial charge in [0, 0.05) is 5.39 Å². The molecule has 1 aromatic heterocycles. The molecule has 1 amide bonds. The second kappa shape index (κ2) is 7.78. The first-order chi connectivity index (χ1) is 12.5. The van der Waals surface area contributed by atoms with Crippen molar-refractivity contribution in [3.05, 3.63) is 77.5 Å². The highest BCUT2D eigenvalue weighted by Crippen LogP contribution is 2.14. The molecule has 0 aliphatic carbocycles. The third-order valence-electron chi connectivity index (χ3n) is 4.10. The molecule has 0 aliphatic rings. The van der Waals surface area contributed by atoms with Crippen LogP contribution >= 0.6 is 0 Å². The Kier molecular flexibility index (Phi) is 5.27. The van der Waals surface area contributed by atoms with Gasteiger partial charge in [-0.3, -0.25) is 4.79 Å². The third-order valence-corrected chi connectivity index (χ3v) is 4.10. The van der Waals surface area contributed by atoms with Crippen LogP contribution in [-0.4, -0.2) is 23.5 Å². The molecule has 1 heterocycles. The summed E-state index contributed by atoms with van der Waals surface area (Å²) in [4.78, 5) is 28.4. The highest BCUT2D eigenvalue weighted by molar-refractivity contribution is 5.92. The second-order valence-corrected chi connectivity index (χ2v) is 6.17. The number of hydrogen-bond donors (Lipinski definition) is 1. The van der Waals surface area contributed by atoms with E-state index in [2.05, 4.69) is 10.3 Å². The van der Waals surface area contributed by atoms with Gasteiger partial charge in [-0.2, -0.15) is 0 Å². The summed E-state index contributed by atoms with van der Waals surface area (Å²) in [7, 11) is 0. The summed E-state index contributed by atoms with van der Waals surface area (Å²) in [6, 6.07) is 18.6. The molecular formula is C21H20N2O3. The number of amides is 1. The predicted octanol–water partition coefficient (Wildman–Crippen LogP) is 3.58. The molecule has 0 saturated carbocycles. The fourth-order valence-electron chi connectivity index (χ4n) is 2.61. The largest absolute Gasteiger partial charge is 0.451 e. The van der Waals surface area contributed by atoms with Crippen LogP contribution in [0.15, 0.2) is 60.7 Å². The van der Waals surface area contributed by atoms with Gasteiger partial charge in [0.25, 0.3) is 5.91 Å². The minimum atomic E-state index is -0.617. The molecule has 26 heavy (non-hydrogen) atoms. The van der Waals surface area contributed by atoms with Crippen molar-refractivity contribution in [2.75, 3.05) is 6.61 Å². The summed E-state index contributed by atoms with van der Waals surface area (Å²) < 4.78 is 5.08. The highest BCUT2D eigenvalue weighted by Gasteiger charge is 2.14. The molecule has 1 unspecified atom stereocenters. The van der Waals surface area contributed by atoms with Gasteiger partial charge in [-0.25, -0.2) is 9.78 Å². The van der Waals surface area contributed by atoms with E-state index in [1.807, 2.05) is 62.4 Å². The number of carbonyl (C=O) groups excluding carboxylic acids is 2. The van der Waals surface area contributed by atoms with Gasteiger partial charge < -0.3 is 10.1 Å². The van der Waals surface area contributed by atoms with Crippen LogP contribution in [0, 0.1) is 6.92 Å². The number of aryl methyl sites for hydroxylation is 1. The molecule has 0 bridgehead atoms. The Morgan fingerprint density at radius 3 is 2.54 bits per heavy atom. The van der Waals surface area contributed by atoms with E-state index in [1.54, 1.807) is 12.1 Å². The van der Waals surface area contributed by atoms with Crippen molar-refractivity contribution >= 4 is 22.8 Å². The first-order valence-electron chi connectivity index (χ1n) is 8.42. The van der Waals surface area contributed by atoms with Crippen molar-refractivity contribution in [2.45, 2.75) is 19.9 Å². The first kappa shape index (κ1) is 17.6. The zero-order chi connectivity index (χ0) is 18.5. The third kappa shape index (κ3) is 4.25. The smallest absolute Gasteiger partial charge is 0.357 e. The van der Waals surface area contributed by atoms with Crippen molar-refractivity contribution < 1.29 is 14.3 Å². The molecule has 1 N–H and O–H groups in total. The quantitative estimate of drug-likeness (QED) is 0.716. The lowest BCUT2D eigenvalue weighted by Gasteiger charge is -2.14. The van der Waals surface area contributed by atoms with E-state index in [0.717, 1.165) is 16.5 Å². The van der Waals surface area contributed by atoms with Gasteiger partial charge in [0.15, 0.2) is 6.61 Å². The maximum absolute atomic E-state index is 12.1. The number of fused-ring (bicyclic) bond motifs is 1. The highest BCUT2D eigenvalue weighted by atomic mass is 16.5. The summed E-state index contributed by atoms with van der Waals surface area (Å²) in [5.74, 6) is -0.971. The standard InChI is InChI=1S/C21H20N2O3/c1-14-7-9-16(10-8-14)15(2)22-20(24)13-26-21(25)19-12-11-17-5-3-4-6-18(17)23-19/h3-12,15H,13H2,1-2H3,(H,22,24). The zero-order valence-corrected chi connectivity index (χ0v) is 14.7. The number of carbonyl (C=O) groups is 2. The number of nitrogens with one attached hydrogen (secondary N) is 1. The summed E-state index contributed by atoms with van der Waals surface area (Å²) in [5, 5.41) is 3.75. The lowest BCUT2D eigenvalue weighted by Crippen LogP contribution is -2.31. The number of nitrogens with zero attached hydrogens (tertiary/aromatic N) is 1.